The molecule has 0 spiro atoms. The average Bonchev–Trinajstić information content (AvgIpc) is 3.11. The first-order chi connectivity index (χ1) is 13.1. The van der Waals surface area contributed by atoms with E-state index in [9.17, 15) is 0 Å². The summed E-state index contributed by atoms with van der Waals surface area (Å²) in [4.78, 5) is 12.2. The molecule has 0 atom stereocenters. The fraction of sp³-hybridized carbons (Fsp3) is 0.500. The minimum atomic E-state index is 0.678. The monoisotopic (exact) mass is 389 g/mol. The zero-order valence-electron chi connectivity index (χ0n) is 16.8. The molecule has 2 N–H and O–H groups in total. The van der Waals surface area contributed by atoms with E-state index < -0.39 is 0 Å². The summed E-state index contributed by atoms with van der Waals surface area (Å²) in [5.41, 5.74) is 1.18. The Kier molecular flexibility index (Phi) is 9.07. The van der Waals surface area contributed by atoms with Crippen LogP contribution in [0, 0.1) is 6.92 Å². The van der Waals surface area contributed by atoms with Crippen molar-refractivity contribution in [2.45, 2.75) is 33.9 Å². The number of thiazole rings is 1. The Morgan fingerprint density at radius 2 is 1.85 bits per heavy atom. The number of ether oxygens (including phenoxy) is 1. The standard InChI is InChI=1S/C20H31N5OS/c1-5-25(6-2)11-12-26-18-9-7-17(8-10-18)14-23-20(21-4)24-15-19-22-13-16(3)27-19/h7-10,13H,5-6,11-12,14-15H2,1-4H3,(H2,21,23,24). The Labute approximate surface area is 166 Å². The predicted octanol–water partition coefficient (Wildman–Crippen LogP) is 3.04. The average molecular weight is 390 g/mol. The normalized spacial score (nSPS) is 11.7. The van der Waals surface area contributed by atoms with Crippen molar-refractivity contribution >= 4 is 17.3 Å². The van der Waals surface area contributed by atoms with Gasteiger partial charge in [0.1, 0.15) is 17.4 Å². The summed E-state index contributed by atoms with van der Waals surface area (Å²) in [6.07, 6.45) is 1.89. The highest BCUT2D eigenvalue weighted by atomic mass is 32.1. The summed E-state index contributed by atoms with van der Waals surface area (Å²) in [6, 6.07) is 8.20. The maximum atomic E-state index is 5.83. The highest BCUT2D eigenvalue weighted by Crippen LogP contribution is 2.12. The number of benzene rings is 1. The van der Waals surface area contributed by atoms with Crippen LogP contribution < -0.4 is 15.4 Å². The molecule has 0 unspecified atom stereocenters. The third-order valence-corrected chi connectivity index (χ3v) is 5.17. The van der Waals surface area contributed by atoms with Crippen LogP contribution in [0.3, 0.4) is 0 Å². The molecule has 1 aromatic carbocycles. The van der Waals surface area contributed by atoms with Crippen molar-refractivity contribution in [3.8, 4) is 5.75 Å². The highest BCUT2D eigenvalue weighted by molar-refractivity contribution is 7.11. The van der Waals surface area contributed by atoms with Crippen LogP contribution in [-0.2, 0) is 13.1 Å². The number of aromatic nitrogens is 1. The van der Waals surface area contributed by atoms with Gasteiger partial charge in [0, 0.05) is 31.2 Å². The molecule has 2 aromatic rings. The van der Waals surface area contributed by atoms with Gasteiger partial charge in [-0.1, -0.05) is 26.0 Å². The highest BCUT2D eigenvalue weighted by Gasteiger charge is 2.03. The van der Waals surface area contributed by atoms with E-state index in [1.807, 2.05) is 18.3 Å². The van der Waals surface area contributed by atoms with Gasteiger partial charge in [0.05, 0.1) is 6.54 Å². The van der Waals surface area contributed by atoms with Crippen LogP contribution in [0.4, 0.5) is 0 Å². The fourth-order valence-electron chi connectivity index (χ4n) is 2.58. The molecule has 27 heavy (non-hydrogen) atoms. The van der Waals surface area contributed by atoms with Crippen molar-refractivity contribution in [1.82, 2.24) is 20.5 Å². The van der Waals surface area contributed by atoms with Crippen LogP contribution >= 0.6 is 11.3 Å². The van der Waals surface area contributed by atoms with Gasteiger partial charge in [0.2, 0.25) is 0 Å². The SMILES string of the molecule is CCN(CC)CCOc1ccc(CNC(=NC)NCc2ncc(C)s2)cc1. The van der Waals surface area contributed by atoms with Gasteiger partial charge in [0.25, 0.3) is 0 Å². The fourth-order valence-corrected chi connectivity index (χ4v) is 3.31. The van der Waals surface area contributed by atoms with Crippen molar-refractivity contribution in [2.24, 2.45) is 4.99 Å². The molecule has 1 heterocycles. The van der Waals surface area contributed by atoms with E-state index in [-0.39, 0.29) is 0 Å². The number of guanidine groups is 1. The summed E-state index contributed by atoms with van der Waals surface area (Å²) in [5, 5.41) is 7.67. The summed E-state index contributed by atoms with van der Waals surface area (Å²) >= 11 is 1.69. The minimum Gasteiger partial charge on any atom is -0.492 e. The molecule has 0 aliphatic rings. The molecule has 0 saturated carbocycles. The van der Waals surface area contributed by atoms with Crippen LogP contribution in [0.25, 0.3) is 0 Å². The first-order valence-corrected chi connectivity index (χ1v) is 10.3. The molecule has 1 aromatic heterocycles. The van der Waals surface area contributed by atoms with E-state index in [0.29, 0.717) is 19.7 Å². The number of hydrogen-bond donors (Lipinski definition) is 2. The second kappa shape index (κ2) is 11.6. The molecule has 0 saturated heterocycles. The maximum absolute atomic E-state index is 5.83. The Balaban J connectivity index is 1.73. The number of hydrogen-bond acceptors (Lipinski definition) is 5. The number of aryl methyl sites for hydroxylation is 1. The van der Waals surface area contributed by atoms with E-state index in [4.69, 9.17) is 4.74 Å². The summed E-state index contributed by atoms with van der Waals surface area (Å²) in [7, 11) is 1.77. The topological polar surface area (TPSA) is 61.8 Å². The van der Waals surface area contributed by atoms with Gasteiger partial charge in [-0.3, -0.25) is 4.99 Å². The molecule has 7 heteroatoms. The molecular weight excluding hydrogens is 358 g/mol. The number of rotatable bonds is 10. The first kappa shape index (κ1) is 21.2. The van der Waals surface area contributed by atoms with E-state index in [1.54, 1.807) is 18.4 Å². The zero-order chi connectivity index (χ0) is 19.5. The Hall–Kier alpha value is -2.12. The van der Waals surface area contributed by atoms with Crippen LogP contribution in [0.2, 0.25) is 0 Å². The van der Waals surface area contributed by atoms with Crippen molar-refractivity contribution in [3.05, 3.63) is 45.9 Å². The van der Waals surface area contributed by atoms with Crippen molar-refractivity contribution < 1.29 is 4.74 Å². The Morgan fingerprint density at radius 3 is 2.44 bits per heavy atom. The first-order valence-electron chi connectivity index (χ1n) is 9.44. The molecule has 0 fully saturated rings. The second-order valence-corrected chi connectivity index (χ2v) is 7.48. The molecule has 2 rings (SSSR count). The lowest BCUT2D eigenvalue weighted by Gasteiger charge is -2.18. The Bertz CT molecular complexity index is 695. The van der Waals surface area contributed by atoms with Crippen LogP contribution in [0.15, 0.2) is 35.5 Å². The number of likely N-dealkylation sites (N-methyl/N-ethyl adjacent to an activating group) is 1. The quantitative estimate of drug-likeness (QED) is 0.483. The lowest BCUT2D eigenvalue weighted by Crippen LogP contribution is -2.36. The minimum absolute atomic E-state index is 0.678. The molecular formula is C20H31N5OS. The summed E-state index contributed by atoms with van der Waals surface area (Å²) in [6.45, 7) is 11.6. The van der Waals surface area contributed by atoms with Crippen LogP contribution in [0.1, 0.15) is 29.3 Å². The molecule has 0 radical (unpaired) electrons. The third-order valence-electron chi connectivity index (χ3n) is 4.25. The molecule has 0 aliphatic carbocycles. The smallest absolute Gasteiger partial charge is 0.191 e. The number of nitrogens with one attached hydrogen (secondary N) is 2. The maximum Gasteiger partial charge on any atom is 0.191 e. The van der Waals surface area contributed by atoms with Gasteiger partial charge in [-0.05, 0) is 37.7 Å². The third kappa shape index (κ3) is 7.56. The van der Waals surface area contributed by atoms with E-state index >= 15 is 0 Å². The lowest BCUT2D eigenvalue weighted by atomic mass is 10.2. The number of aliphatic imine (C=N–C) groups is 1. The molecule has 0 aliphatic heterocycles. The zero-order valence-corrected chi connectivity index (χ0v) is 17.6. The predicted molar refractivity (Wildman–Crippen MR) is 114 cm³/mol. The number of nitrogens with zero attached hydrogens (tertiary/aromatic N) is 3. The van der Waals surface area contributed by atoms with E-state index in [2.05, 4.69) is 58.4 Å². The van der Waals surface area contributed by atoms with Gasteiger partial charge in [-0.2, -0.15) is 0 Å². The van der Waals surface area contributed by atoms with Gasteiger partial charge in [0.15, 0.2) is 5.96 Å². The molecule has 0 bridgehead atoms. The summed E-state index contributed by atoms with van der Waals surface area (Å²) in [5.74, 6) is 1.68. The van der Waals surface area contributed by atoms with Crippen molar-refractivity contribution in [2.75, 3.05) is 33.3 Å². The molecule has 148 valence electrons. The van der Waals surface area contributed by atoms with Gasteiger partial charge >= 0.3 is 0 Å². The molecule has 6 nitrogen and oxygen atoms in total. The summed E-state index contributed by atoms with van der Waals surface area (Å²) < 4.78 is 5.83. The Morgan fingerprint density at radius 1 is 1.15 bits per heavy atom. The van der Waals surface area contributed by atoms with Gasteiger partial charge < -0.3 is 20.3 Å². The van der Waals surface area contributed by atoms with E-state index in [0.717, 1.165) is 36.4 Å². The molecule has 0 amide bonds. The van der Waals surface area contributed by atoms with Crippen LogP contribution in [-0.4, -0.2) is 49.1 Å². The van der Waals surface area contributed by atoms with Crippen molar-refractivity contribution in [3.63, 3.8) is 0 Å². The van der Waals surface area contributed by atoms with Gasteiger partial charge in [-0.25, -0.2) is 4.98 Å². The second-order valence-electron chi connectivity index (χ2n) is 6.16. The largest absolute Gasteiger partial charge is 0.492 e. The van der Waals surface area contributed by atoms with Gasteiger partial charge in [-0.15, -0.1) is 11.3 Å². The van der Waals surface area contributed by atoms with Crippen LogP contribution in [0.5, 0.6) is 5.75 Å². The van der Waals surface area contributed by atoms with Crippen molar-refractivity contribution in [1.29, 1.82) is 0 Å². The lowest BCUT2D eigenvalue weighted by molar-refractivity contribution is 0.223. The van der Waals surface area contributed by atoms with E-state index in [1.165, 1.54) is 10.4 Å².